The van der Waals surface area contributed by atoms with Gasteiger partial charge in [-0.15, -0.1) is 11.3 Å². The third-order valence-corrected chi connectivity index (χ3v) is 5.56. The summed E-state index contributed by atoms with van der Waals surface area (Å²) < 4.78 is 4.80. The summed E-state index contributed by atoms with van der Waals surface area (Å²) in [5.41, 5.74) is 0.456. The number of hydrogen-bond acceptors (Lipinski definition) is 4. The van der Waals surface area contributed by atoms with Gasteiger partial charge in [0.1, 0.15) is 31.2 Å². The van der Waals surface area contributed by atoms with E-state index >= 15 is 0 Å². The van der Waals surface area contributed by atoms with E-state index in [4.69, 9.17) is 4.74 Å². The van der Waals surface area contributed by atoms with E-state index in [-0.39, 0.29) is 5.91 Å². The molecule has 0 bridgehead atoms. The summed E-state index contributed by atoms with van der Waals surface area (Å²) >= 11 is 1.45. The fraction of sp³-hybridized carbons (Fsp3) is 0.625. The summed E-state index contributed by atoms with van der Waals surface area (Å²) in [4.78, 5) is 28.1. The van der Waals surface area contributed by atoms with Gasteiger partial charge in [-0.2, -0.15) is 0 Å². The number of piperazine rings is 1. The Morgan fingerprint density at radius 1 is 1.22 bits per heavy atom. The van der Waals surface area contributed by atoms with Crippen LogP contribution in [0.5, 0.6) is 0 Å². The first-order chi connectivity index (χ1) is 11.1. The van der Waals surface area contributed by atoms with Gasteiger partial charge < -0.3 is 19.9 Å². The lowest BCUT2D eigenvalue weighted by Gasteiger charge is -2.28. The average Bonchev–Trinajstić information content (AvgIpc) is 2.97. The zero-order valence-corrected chi connectivity index (χ0v) is 15.0. The third kappa shape index (κ3) is 4.76. The van der Waals surface area contributed by atoms with Crippen LogP contribution < -0.4 is 15.1 Å². The molecule has 1 aliphatic rings. The topological polar surface area (TPSA) is 64.3 Å². The molecule has 0 saturated carbocycles. The standard InChI is InChI=1S/C16H25N3O3S/c1-4-12-10-13(16(21)22-3)15(23-12)17-14(20)11-19-8-6-18(5-2)7-9-19/h10H,4-9,11H2,1-3H3,(H,17,20)/p+2. The Bertz CT molecular complexity index is 551. The molecule has 1 aliphatic heterocycles. The largest absolute Gasteiger partial charge is 0.465 e. The molecule has 0 aliphatic carbocycles. The molecule has 2 rings (SSSR count). The predicted molar refractivity (Wildman–Crippen MR) is 90.5 cm³/mol. The Balaban J connectivity index is 1.95. The molecule has 1 amide bonds. The first-order valence-corrected chi connectivity index (χ1v) is 9.07. The van der Waals surface area contributed by atoms with E-state index in [1.807, 2.05) is 13.0 Å². The number of rotatable bonds is 6. The number of quaternary nitrogens is 2. The number of anilines is 1. The van der Waals surface area contributed by atoms with E-state index in [0.717, 1.165) is 44.0 Å². The van der Waals surface area contributed by atoms with Gasteiger partial charge in [-0.25, -0.2) is 4.79 Å². The smallest absolute Gasteiger partial charge is 0.340 e. The van der Waals surface area contributed by atoms with Crippen LogP contribution in [0.1, 0.15) is 29.1 Å². The van der Waals surface area contributed by atoms with Crippen molar-refractivity contribution in [3.05, 3.63) is 16.5 Å². The fourth-order valence-corrected chi connectivity index (χ4v) is 3.86. The highest BCUT2D eigenvalue weighted by Gasteiger charge is 2.25. The lowest BCUT2D eigenvalue weighted by Crippen LogP contribution is -3.28. The second-order valence-corrected chi connectivity index (χ2v) is 7.02. The summed E-state index contributed by atoms with van der Waals surface area (Å²) in [5.74, 6) is -0.432. The molecular weight excluding hydrogens is 314 g/mol. The van der Waals surface area contributed by atoms with E-state index in [2.05, 4.69) is 12.2 Å². The summed E-state index contributed by atoms with van der Waals surface area (Å²) in [6.07, 6.45) is 0.831. The number of hydrogen-bond donors (Lipinski definition) is 3. The SMILES string of the molecule is CCc1cc(C(=O)OC)c(NC(=O)C[NH+]2CC[NH+](CC)CC2)s1. The zero-order chi connectivity index (χ0) is 16.8. The minimum atomic E-state index is -0.399. The van der Waals surface area contributed by atoms with Crippen molar-refractivity contribution in [2.45, 2.75) is 20.3 Å². The zero-order valence-electron chi connectivity index (χ0n) is 14.2. The van der Waals surface area contributed by atoms with Crippen molar-refractivity contribution in [3.63, 3.8) is 0 Å². The number of thiophene rings is 1. The van der Waals surface area contributed by atoms with E-state index in [0.29, 0.717) is 17.1 Å². The number of nitrogens with one attached hydrogen (secondary N) is 3. The number of aryl methyl sites for hydroxylation is 1. The number of likely N-dealkylation sites (N-methyl/N-ethyl adjacent to an activating group) is 1. The molecule has 1 aromatic rings. The number of amides is 1. The Kier molecular flexibility index (Phi) is 6.56. The van der Waals surface area contributed by atoms with Crippen LogP contribution in [-0.4, -0.2) is 58.3 Å². The molecule has 0 aromatic carbocycles. The van der Waals surface area contributed by atoms with Crippen molar-refractivity contribution in [1.82, 2.24) is 0 Å². The normalized spacial score (nSPS) is 21.0. The highest BCUT2D eigenvalue weighted by atomic mass is 32.1. The molecule has 1 saturated heterocycles. The van der Waals surface area contributed by atoms with Crippen LogP contribution in [0.4, 0.5) is 5.00 Å². The van der Waals surface area contributed by atoms with Crippen LogP contribution >= 0.6 is 11.3 Å². The maximum Gasteiger partial charge on any atom is 0.340 e. The van der Waals surface area contributed by atoms with E-state index < -0.39 is 5.97 Å². The van der Waals surface area contributed by atoms with E-state index in [1.54, 1.807) is 4.90 Å². The molecule has 0 unspecified atom stereocenters. The van der Waals surface area contributed by atoms with Crippen molar-refractivity contribution in [2.24, 2.45) is 0 Å². The van der Waals surface area contributed by atoms with Gasteiger partial charge in [0.15, 0.2) is 6.54 Å². The van der Waals surface area contributed by atoms with Crippen LogP contribution in [0.15, 0.2) is 6.07 Å². The highest BCUT2D eigenvalue weighted by Crippen LogP contribution is 2.29. The van der Waals surface area contributed by atoms with Crippen molar-refractivity contribution >= 4 is 28.2 Å². The summed E-state index contributed by atoms with van der Waals surface area (Å²) in [6.45, 7) is 10.1. The van der Waals surface area contributed by atoms with Crippen LogP contribution in [0, 0.1) is 0 Å². The predicted octanol–water partition coefficient (Wildman–Crippen LogP) is -1.16. The van der Waals surface area contributed by atoms with E-state index in [9.17, 15) is 9.59 Å². The van der Waals surface area contributed by atoms with Crippen molar-refractivity contribution < 1.29 is 24.1 Å². The molecule has 0 radical (unpaired) electrons. The molecule has 0 atom stereocenters. The van der Waals surface area contributed by atoms with Gasteiger partial charge in [-0.05, 0) is 19.4 Å². The number of methoxy groups -OCH3 is 1. The Labute approximate surface area is 141 Å². The lowest BCUT2D eigenvalue weighted by molar-refractivity contribution is -1.01. The molecule has 1 aromatic heterocycles. The second kappa shape index (κ2) is 8.42. The molecule has 3 N–H and O–H groups in total. The maximum atomic E-state index is 12.3. The van der Waals surface area contributed by atoms with Crippen molar-refractivity contribution in [1.29, 1.82) is 0 Å². The van der Waals surface area contributed by atoms with Gasteiger partial charge in [0.25, 0.3) is 5.91 Å². The fourth-order valence-electron chi connectivity index (χ4n) is 2.86. The second-order valence-electron chi connectivity index (χ2n) is 5.88. The van der Waals surface area contributed by atoms with Gasteiger partial charge in [-0.3, -0.25) is 4.79 Å². The number of carbonyl (C=O) groups is 2. The van der Waals surface area contributed by atoms with Crippen LogP contribution in [0.25, 0.3) is 0 Å². The summed E-state index contributed by atoms with van der Waals surface area (Å²) in [6, 6.07) is 1.81. The highest BCUT2D eigenvalue weighted by molar-refractivity contribution is 7.16. The van der Waals surface area contributed by atoms with Gasteiger partial charge in [-0.1, -0.05) is 6.92 Å². The maximum absolute atomic E-state index is 12.3. The lowest BCUT2D eigenvalue weighted by atomic mass is 10.2. The monoisotopic (exact) mass is 341 g/mol. The molecule has 23 heavy (non-hydrogen) atoms. The van der Waals surface area contributed by atoms with Crippen molar-refractivity contribution in [2.75, 3.05) is 51.7 Å². The quantitative estimate of drug-likeness (QED) is 0.572. The molecule has 1 fully saturated rings. The van der Waals surface area contributed by atoms with Gasteiger partial charge in [0.2, 0.25) is 0 Å². The van der Waals surface area contributed by atoms with Crippen molar-refractivity contribution in [3.8, 4) is 0 Å². The van der Waals surface area contributed by atoms with Crippen LogP contribution in [0.2, 0.25) is 0 Å². The molecule has 2 heterocycles. The van der Waals surface area contributed by atoms with E-state index in [1.165, 1.54) is 23.3 Å². The van der Waals surface area contributed by atoms with Gasteiger partial charge in [0.05, 0.1) is 19.2 Å². The Hall–Kier alpha value is -1.44. The summed E-state index contributed by atoms with van der Waals surface area (Å²) in [5, 5.41) is 3.51. The Morgan fingerprint density at radius 2 is 1.87 bits per heavy atom. The summed E-state index contributed by atoms with van der Waals surface area (Å²) in [7, 11) is 1.36. The Morgan fingerprint density at radius 3 is 2.43 bits per heavy atom. The molecule has 0 spiro atoms. The van der Waals surface area contributed by atoms with Gasteiger partial charge in [0, 0.05) is 4.88 Å². The molecule has 128 valence electrons. The molecule has 6 nitrogen and oxygen atoms in total. The number of carbonyl (C=O) groups excluding carboxylic acids is 2. The van der Waals surface area contributed by atoms with Gasteiger partial charge >= 0.3 is 5.97 Å². The number of ether oxygens (including phenoxy) is 1. The first kappa shape index (κ1) is 17.9. The third-order valence-electron chi connectivity index (χ3n) is 4.36. The van der Waals surface area contributed by atoms with Crippen LogP contribution in [0.3, 0.4) is 0 Å². The van der Waals surface area contributed by atoms with Crippen LogP contribution in [-0.2, 0) is 16.0 Å². The molecular formula is C16H27N3O3S+2. The molecule has 7 heteroatoms. The minimum Gasteiger partial charge on any atom is -0.465 e. The average molecular weight is 341 g/mol. The first-order valence-electron chi connectivity index (χ1n) is 8.25. The minimum absolute atomic E-state index is 0.0328. The number of esters is 1.